The summed E-state index contributed by atoms with van der Waals surface area (Å²) in [5.41, 5.74) is 1.88. The average molecular weight is 383 g/mol. The maximum absolute atomic E-state index is 12.3. The molecule has 2 N–H and O–H groups in total. The molecule has 0 spiro atoms. The highest BCUT2D eigenvalue weighted by Crippen LogP contribution is 2.34. The molecule has 0 saturated heterocycles. The van der Waals surface area contributed by atoms with Gasteiger partial charge in [-0.05, 0) is 23.8 Å². The summed E-state index contributed by atoms with van der Waals surface area (Å²) in [6, 6.07) is 12.7. The number of rotatable bonds is 5. The lowest BCUT2D eigenvalue weighted by atomic mass is 10.2. The van der Waals surface area contributed by atoms with Crippen LogP contribution in [0, 0.1) is 0 Å². The number of benzene rings is 2. The quantitative estimate of drug-likeness (QED) is 0.699. The Morgan fingerprint density at radius 2 is 1.85 bits per heavy atom. The van der Waals surface area contributed by atoms with Gasteiger partial charge in [-0.25, -0.2) is 9.97 Å². The third-order valence-corrected chi connectivity index (χ3v) is 4.31. The van der Waals surface area contributed by atoms with E-state index in [2.05, 4.69) is 20.6 Å². The number of ether oxygens (including phenoxy) is 2. The Kier molecular flexibility index (Phi) is 4.76. The highest BCUT2D eigenvalue weighted by atomic mass is 35.5. The zero-order valence-electron chi connectivity index (χ0n) is 14.1. The molecule has 8 heteroatoms. The number of carbonyl (C=O) groups excluding carboxylic acids is 1. The molecule has 7 nitrogen and oxygen atoms in total. The van der Waals surface area contributed by atoms with Crippen molar-refractivity contribution < 1.29 is 14.3 Å². The van der Waals surface area contributed by atoms with Gasteiger partial charge in [0.15, 0.2) is 11.5 Å². The van der Waals surface area contributed by atoms with Crippen molar-refractivity contribution in [3.63, 3.8) is 0 Å². The van der Waals surface area contributed by atoms with Crippen LogP contribution in [0.1, 0.15) is 15.9 Å². The van der Waals surface area contributed by atoms with Crippen LogP contribution in [0.25, 0.3) is 0 Å². The van der Waals surface area contributed by atoms with Crippen LogP contribution in [0.15, 0.2) is 54.9 Å². The Labute approximate surface area is 160 Å². The van der Waals surface area contributed by atoms with Crippen molar-refractivity contribution in [1.82, 2.24) is 9.97 Å². The van der Waals surface area contributed by atoms with Crippen LogP contribution in [0.3, 0.4) is 0 Å². The molecule has 1 aliphatic rings. The first-order chi connectivity index (χ1) is 13.2. The first kappa shape index (κ1) is 17.1. The summed E-state index contributed by atoms with van der Waals surface area (Å²) < 4.78 is 10.5. The standard InChI is InChI=1S/C19H15ClN4O3/c20-15-4-2-1-3-12(15)8-21-19-22-9-13(10-23-19)18(25)24-14-5-6-16-17(7-14)27-11-26-16/h1-7,9-10H,8,11H2,(H,24,25)(H,21,22,23). The minimum absolute atomic E-state index is 0.184. The molecule has 136 valence electrons. The van der Waals surface area contributed by atoms with Gasteiger partial charge in [-0.15, -0.1) is 0 Å². The summed E-state index contributed by atoms with van der Waals surface area (Å²) in [5, 5.41) is 6.53. The molecule has 0 atom stereocenters. The van der Waals surface area contributed by atoms with E-state index in [1.807, 2.05) is 24.3 Å². The Balaban J connectivity index is 1.38. The second-order valence-corrected chi connectivity index (χ2v) is 6.17. The number of anilines is 2. The smallest absolute Gasteiger partial charge is 0.258 e. The molecule has 3 aromatic rings. The van der Waals surface area contributed by atoms with Crippen molar-refractivity contribution in [2.75, 3.05) is 17.4 Å². The minimum atomic E-state index is -0.313. The van der Waals surface area contributed by atoms with E-state index in [1.54, 1.807) is 18.2 Å². The third kappa shape index (κ3) is 3.93. The van der Waals surface area contributed by atoms with Crippen molar-refractivity contribution in [1.29, 1.82) is 0 Å². The van der Waals surface area contributed by atoms with Crippen LogP contribution in [0.2, 0.25) is 5.02 Å². The second kappa shape index (κ2) is 7.51. The van der Waals surface area contributed by atoms with E-state index >= 15 is 0 Å². The van der Waals surface area contributed by atoms with Crippen LogP contribution in [0.4, 0.5) is 11.6 Å². The largest absolute Gasteiger partial charge is 0.454 e. The van der Waals surface area contributed by atoms with Crippen molar-refractivity contribution in [3.8, 4) is 11.5 Å². The topological polar surface area (TPSA) is 85.4 Å². The van der Waals surface area contributed by atoms with Crippen molar-refractivity contribution in [2.45, 2.75) is 6.54 Å². The molecule has 1 aliphatic heterocycles. The van der Waals surface area contributed by atoms with Crippen molar-refractivity contribution >= 4 is 29.1 Å². The number of aromatic nitrogens is 2. The number of nitrogens with one attached hydrogen (secondary N) is 2. The number of halogens is 1. The number of amides is 1. The van der Waals surface area contributed by atoms with E-state index < -0.39 is 0 Å². The molecule has 4 rings (SSSR count). The van der Waals surface area contributed by atoms with Gasteiger partial charge in [-0.1, -0.05) is 29.8 Å². The fourth-order valence-electron chi connectivity index (χ4n) is 2.53. The van der Waals surface area contributed by atoms with Gasteiger partial charge < -0.3 is 20.1 Å². The Morgan fingerprint density at radius 3 is 2.67 bits per heavy atom. The molecule has 0 unspecified atom stereocenters. The molecule has 2 heterocycles. The molecular weight excluding hydrogens is 368 g/mol. The zero-order chi connectivity index (χ0) is 18.6. The SMILES string of the molecule is O=C(Nc1ccc2c(c1)OCO2)c1cnc(NCc2ccccc2Cl)nc1. The molecular formula is C19H15ClN4O3. The molecule has 0 radical (unpaired) electrons. The number of hydrogen-bond acceptors (Lipinski definition) is 6. The van der Waals surface area contributed by atoms with Crippen LogP contribution < -0.4 is 20.1 Å². The third-order valence-electron chi connectivity index (χ3n) is 3.94. The van der Waals surface area contributed by atoms with E-state index in [-0.39, 0.29) is 12.7 Å². The predicted molar refractivity (Wildman–Crippen MR) is 101 cm³/mol. The van der Waals surface area contributed by atoms with E-state index in [0.717, 1.165) is 5.56 Å². The van der Waals surface area contributed by atoms with Crippen LogP contribution in [0.5, 0.6) is 11.5 Å². The summed E-state index contributed by atoms with van der Waals surface area (Å²) in [6.07, 6.45) is 2.93. The summed E-state index contributed by atoms with van der Waals surface area (Å²) in [7, 11) is 0. The lowest BCUT2D eigenvalue weighted by molar-refractivity contribution is 0.102. The number of carbonyl (C=O) groups is 1. The van der Waals surface area contributed by atoms with Gasteiger partial charge in [0.25, 0.3) is 5.91 Å². The molecule has 2 aromatic carbocycles. The Morgan fingerprint density at radius 1 is 1.07 bits per heavy atom. The molecule has 0 saturated carbocycles. The molecule has 1 amide bonds. The van der Waals surface area contributed by atoms with Gasteiger partial charge in [0, 0.05) is 35.7 Å². The van der Waals surface area contributed by atoms with Crippen molar-refractivity contribution in [3.05, 3.63) is 71.0 Å². The highest BCUT2D eigenvalue weighted by Gasteiger charge is 2.15. The Hall–Kier alpha value is -3.32. The van der Waals surface area contributed by atoms with Gasteiger partial charge >= 0.3 is 0 Å². The van der Waals surface area contributed by atoms with Gasteiger partial charge in [0.2, 0.25) is 12.7 Å². The first-order valence-electron chi connectivity index (χ1n) is 8.19. The molecule has 0 aliphatic carbocycles. The fourth-order valence-corrected chi connectivity index (χ4v) is 2.73. The maximum Gasteiger partial charge on any atom is 0.258 e. The number of fused-ring (bicyclic) bond motifs is 1. The average Bonchev–Trinajstić information content (AvgIpc) is 3.15. The minimum Gasteiger partial charge on any atom is -0.454 e. The normalized spacial score (nSPS) is 11.9. The van der Waals surface area contributed by atoms with Gasteiger partial charge in [-0.2, -0.15) is 0 Å². The lowest BCUT2D eigenvalue weighted by Crippen LogP contribution is -2.13. The van der Waals surface area contributed by atoms with E-state index in [0.29, 0.717) is 40.3 Å². The molecule has 0 fully saturated rings. The molecule has 27 heavy (non-hydrogen) atoms. The monoisotopic (exact) mass is 382 g/mol. The Bertz CT molecular complexity index is 979. The molecule has 1 aromatic heterocycles. The summed E-state index contributed by atoms with van der Waals surface area (Å²) in [4.78, 5) is 20.7. The summed E-state index contributed by atoms with van der Waals surface area (Å²) in [5.74, 6) is 1.36. The van der Waals surface area contributed by atoms with Crippen LogP contribution in [-0.2, 0) is 6.54 Å². The van der Waals surface area contributed by atoms with E-state index in [9.17, 15) is 4.79 Å². The lowest BCUT2D eigenvalue weighted by Gasteiger charge is -2.08. The number of nitrogens with zero attached hydrogens (tertiary/aromatic N) is 2. The predicted octanol–water partition coefficient (Wildman–Crippen LogP) is 3.72. The molecule has 0 bridgehead atoms. The van der Waals surface area contributed by atoms with Gasteiger partial charge in [0.05, 0.1) is 5.56 Å². The fraction of sp³-hybridized carbons (Fsp3) is 0.105. The summed E-state index contributed by atoms with van der Waals surface area (Å²) in [6.45, 7) is 0.672. The van der Waals surface area contributed by atoms with Gasteiger partial charge in [-0.3, -0.25) is 4.79 Å². The summed E-state index contributed by atoms with van der Waals surface area (Å²) >= 11 is 6.12. The van der Waals surface area contributed by atoms with Crippen LogP contribution in [-0.4, -0.2) is 22.7 Å². The van der Waals surface area contributed by atoms with Crippen LogP contribution >= 0.6 is 11.6 Å². The second-order valence-electron chi connectivity index (χ2n) is 5.76. The zero-order valence-corrected chi connectivity index (χ0v) is 14.9. The van der Waals surface area contributed by atoms with E-state index in [1.165, 1.54) is 12.4 Å². The van der Waals surface area contributed by atoms with Gasteiger partial charge in [0.1, 0.15) is 0 Å². The maximum atomic E-state index is 12.3. The highest BCUT2D eigenvalue weighted by molar-refractivity contribution is 6.31. The first-order valence-corrected chi connectivity index (χ1v) is 8.57. The van der Waals surface area contributed by atoms with Crippen molar-refractivity contribution in [2.24, 2.45) is 0 Å². The number of hydrogen-bond donors (Lipinski definition) is 2. The van der Waals surface area contributed by atoms with E-state index in [4.69, 9.17) is 21.1 Å².